The Balaban J connectivity index is 2.08. The quantitative estimate of drug-likeness (QED) is 0.485. The number of nitrogens with one attached hydrogen (secondary N) is 1. The molecule has 126 valence electrons. The predicted octanol–water partition coefficient (Wildman–Crippen LogP) is 4.03. The van der Waals surface area contributed by atoms with Gasteiger partial charge in [0.25, 0.3) is 5.69 Å². The second-order valence-electron chi connectivity index (χ2n) is 5.20. The van der Waals surface area contributed by atoms with E-state index in [1.165, 1.54) is 37.1 Å². The van der Waals surface area contributed by atoms with Gasteiger partial charge in [-0.25, -0.2) is 0 Å². The highest BCUT2D eigenvalue weighted by atomic mass is 32.2. The molecular formula is C17H18N2O4S. The number of benzene rings is 2. The third-order valence-corrected chi connectivity index (χ3v) is 4.47. The van der Waals surface area contributed by atoms with E-state index in [0.717, 1.165) is 10.5 Å². The Kier molecular flexibility index (Phi) is 5.81. The van der Waals surface area contributed by atoms with Gasteiger partial charge in [0.05, 0.1) is 29.0 Å². The molecule has 2 rings (SSSR count). The highest BCUT2D eigenvalue weighted by Crippen LogP contribution is 2.30. The largest absolute Gasteiger partial charge is 0.494 e. The van der Waals surface area contributed by atoms with Gasteiger partial charge < -0.3 is 10.1 Å². The topological polar surface area (TPSA) is 81.5 Å². The number of ether oxygens (including phenoxy) is 1. The van der Waals surface area contributed by atoms with E-state index in [9.17, 15) is 14.9 Å². The second kappa shape index (κ2) is 7.83. The first kappa shape index (κ1) is 17.8. The van der Waals surface area contributed by atoms with E-state index in [0.29, 0.717) is 5.69 Å². The molecule has 1 N–H and O–H groups in total. The molecule has 0 saturated heterocycles. The molecule has 2 aromatic carbocycles. The van der Waals surface area contributed by atoms with Crippen molar-refractivity contribution in [2.24, 2.45) is 0 Å². The van der Waals surface area contributed by atoms with Crippen LogP contribution in [0, 0.1) is 17.0 Å². The summed E-state index contributed by atoms with van der Waals surface area (Å²) in [5.74, 6) is 0.0535. The summed E-state index contributed by atoms with van der Waals surface area (Å²) in [4.78, 5) is 23.6. The van der Waals surface area contributed by atoms with E-state index in [1.807, 2.05) is 31.2 Å². The molecule has 6 nitrogen and oxygen atoms in total. The summed E-state index contributed by atoms with van der Waals surface area (Å²) in [7, 11) is 1.40. The van der Waals surface area contributed by atoms with Gasteiger partial charge in [0.1, 0.15) is 5.75 Å². The number of nitro groups is 1. The third kappa shape index (κ3) is 4.48. The average Bonchev–Trinajstić information content (AvgIpc) is 2.56. The van der Waals surface area contributed by atoms with E-state index in [2.05, 4.69) is 5.32 Å². The maximum absolute atomic E-state index is 12.3. The lowest BCUT2D eigenvalue weighted by Crippen LogP contribution is -2.22. The summed E-state index contributed by atoms with van der Waals surface area (Å²) in [5, 5.41) is 13.2. The molecule has 7 heteroatoms. The van der Waals surface area contributed by atoms with Gasteiger partial charge >= 0.3 is 0 Å². The molecule has 0 unspecified atom stereocenters. The van der Waals surface area contributed by atoms with Gasteiger partial charge in [-0.2, -0.15) is 0 Å². The van der Waals surface area contributed by atoms with Crippen LogP contribution < -0.4 is 10.1 Å². The van der Waals surface area contributed by atoms with Crippen molar-refractivity contribution in [3.63, 3.8) is 0 Å². The Morgan fingerprint density at radius 1 is 1.25 bits per heavy atom. The van der Waals surface area contributed by atoms with Crippen molar-refractivity contribution < 1.29 is 14.5 Å². The average molecular weight is 346 g/mol. The number of methoxy groups -OCH3 is 1. The highest BCUT2D eigenvalue weighted by Gasteiger charge is 2.18. The molecule has 0 heterocycles. The number of anilines is 1. The molecule has 0 aliphatic heterocycles. The van der Waals surface area contributed by atoms with Crippen molar-refractivity contribution in [3.8, 4) is 5.75 Å². The van der Waals surface area contributed by atoms with Crippen LogP contribution in [0.25, 0.3) is 0 Å². The first-order chi connectivity index (χ1) is 11.4. The Morgan fingerprint density at radius 3 is 2.50 bits per heavy atom. The first-order valence-electron chi connectivity index (χ1n) is 7.27. The summed E-state index contributed by atoms with van der Waals surface area (Å²) < 4.78 is 5.12. The Morgan fingerprint density at radius 2 is 1.92 bits per heavy atom. The SMILES string of the molecule is COc1cc([N+](=O)[O-])ccc1NC(=O)[C@H](C)Sc1ccc(C)cc1. The number of aryl methyl sites for hydroxylation is 1. The molecule has 2 aromatic rings. The van der Waals surface area contributed by atoms with E-state index >= 15 is 0 Å². The Bertz CT molecular complexity index is 747. The number of amides is 1. The minimum Gasteiger partial charge on any atom is -0.494 e. The number of hydrogen-bond donors (Lipinski definition) is 1. The van der Waals surface area contributed by atoms with Crippen molar-refractivity contribution >= 4 is 29.0 Å². The smallest absolute Gasteiger partial charge is 0.273 e. The molecule has 1 amide bonds. The fraction of sp³-hybridized carbons (Fsp3) is 0.235. The van der Waals surface area contributed by atoms with Crippen LogP contribution in [0.5, 0.6) is 5.75 Å². The highest BCUT2D eigenvalue weighted by molar-refractivity contribution is 8.00. The lowest BCUT2D eigenvalue weighted by Gasteiger charge is -2.14. The van der Waals surface area contributed by atoms with E-state index in [4.69, 9.17) is 4.74 Å². The monoisotopic (exact) mass is 346 g/mol. The minimum atomic E-state index is -0.510. The molecule has 0 aliphatic carbocycles. The van der Waals surface area contributed by atoms with Gasteiger partial charge in [0, 0.05) is 11.0 Å². The summed E-state index contributed by atoms with van der Waals surface area (Å²) in [6.07, 6.45) is 0. The van der Waals surface area contributed by atoms with Crippen LogP contribution in [0.15, 0.2) is 47.4 Å². The third-order valence-electron chi connectivity index (χ3n) is 3.36. The van der Waals surface area contributed by atoms with Gasteiger partial charge in [0.15, 0.2) is 0 Å². The van der Waals surface area contributed by atoms with Crippen molar-refractivity contribution in [2.45, 2.75) is 24.0 Å². The number of thioether (sulfide) groups is 1. The maximum Gasteiger partial charge on any atom is 0.273 e. The maximum atomic E-state index is 12.3. The molecule has 0 radical (unpaired) electrons. The van der Waals surface area contributed by atoms with Crippen LogP contribution in [0.4, 0.5) is 11.4 Å². The van der Waals surface area contributed by atoms with Crippen molar-refractivity contribution in [2.75, 3.05) is 12.4 Å². The molecule has 0 fully saturated rings. The molecule has 0 spiro atoms. The predicted molar refractivity (Wildman–Crippen MR) is 94.8 cm³/mol. The zero-order valence-corrected chi connectivity index (χ0v) is 14.4. The lowest BCUT2D eigenvalue weighted by molar-refractivity contribution is -0.384. The fourth-order valence-electron chi connectivity index (χ4n) is 2.01. The summed E-state index contributed by atoms with van der Waals surface area (Å²) >= 11 is 1.44. The lowest BCUT2D eigenvalue weighted by atomic mass is 10.2. The summed E-state index contributed by atoms with van der Waals surface area (Å²) in [6.45, 7) is 3.81. The first-order valence-corrected chi connectivity index (χ1v) is 8.15. The second-order valence-corrected chi connectivity index (χ2v) is 6.62. The number of rotatable bonds is 6. The van der Waals surface area contributed by atoms with Crippen molar-refractivity contribution in [3.05, 3.63) is 58.1 Å². The minimum absolute atomic E-state index is 0.0908. The summed E-state index contributed by atoms with van der Waals surface area (Å²) in [6, 6.07) is 12.0. The summed E-state index contributed by atoms with van der Waals surface area (Å²) in [5.41, 5.74) is 1.48. The number of carbonyl (C=O) groups excluding carboxylic acids is 1. The van der Waals surface area contributed by atoms with Gasteiger partial charge in [-0.1, -0.05) is 17.7 Å². The van der Waals surface area contributed by atoms with Crippen LogP contribution in [0.2, 0.25) is 0 Å². The molecule has 0 saturated carbocycles. The van der Waals surface area contributed by atoms with E-state index in [-0.39, 0.29) is 22.6 Å². The van der Waals surface area contributed by atoms with Crippen LogP contribution in [-0.4, -0.2) is 23.2 Å². The fourth-order valence-corrected chi connectivity index (χ4v) is 2.87. The molecule has 0 bridgehead atoms. The molecule has 0 aromatic heterocycles. The van der Waals surface area contributed by atoms with Crippen LogP contribution in [-0.2, 0) is 4.79 Å². The van der Waals surface area contributed by atoms with Gasteiger partial charge in [-0.05, 0) is 32.0 Å². The van der Waals surface area contributed by atoms with Crippen LogP contribution in [0.1, 0.15) is 12.5 Å². The van der Waals surface area contributed by atoms with Crippen molar-refractivity contribution in [1.82, 2.24) is 0 Å². The number of non-ortho nitro benzene ring substituents is 1. The van der Waals surface area contributed by atoms with Gasteiger partial charge in [-0.15, -0.1) is 11.8 Å². The zero-order valence-electron chi connectivity index (χ0n) is 13.6. The van der Waals surface area contributed by atoms with Crippen molar-refractivity contribution in [1.29, 1.82) is 0 Å². The van der Waals surface area contributed by atoms with Gasteiger partial charge in [-0.3, -0.25) is 14.9 Å². The Labute approximate surface area is 144 Å². The van der Waals surface area contributed by atoms with Crippen LogP contribution >= 0.6 is 11.8 Å². The van der Waals surface area contributed by atoms with Crippen LogP contribution in [0.3, 0.4) is 0 Å². The number of hydrogen-bond acceptors (Lipinski definition) is 5. The Hall–Kier alpha value is -2.54. The molecule has 0 aliphatic rings. The normalized spacial score (nSPS) is 11.6. The molecule has 1 atom stereocenters. The number of nitrogens with zero attached hydrogens (tertiary/aromatic N) is 1. The number of carbonyl (C=O) groups is 1. The standard InChI is InChI=1S/C17H18N2O4S/c1-11-4-7-14(8-5-11)24-12(2)17(20)18-15-9-6-13(19(21)22)10-16(15)23-3/h4-10,12H,1-3H3,(H,18,20)/t12-/m0/s1. The van der Waals surface area contributed by atoms with Gasteiger partial charge in [0.2, 0.25) is 5.91 Å². The van der Waals surface area contributed by atoms with E-state index in [1.54, 1.807) is 6.92 Å². The molecular weight excluding hydrogens is 328 g/mol. The molecule has 24 heavy (non-hydrogen) atoms. The number of nitro benzene ring substituents is 1. The van der Waals surface area contributed by atoms with E-state index < -0.39 is 4.92 Å². The zero-order chi connectivity index (χ0) is 17.7.